The predicted octanol–water partition coefficient (Wildman–Crippen LogP) is 3.93. The zero-order chi connectivity index (χ0) is 17.7. The molecule has 0 saturated heterocycles. The quantitative estimate of drug-likeness (QED) is 0.720. The first-order valence-corrected chi connectivity index (χ1v) is 9.62. The maximum atomic E-state index is 12.0. The molecule has 8 heteroatoms. The number of carbonyl (C=O) groups is 2. The lowest BCUT2D eigenvalue weighted by atomic mass is 9.97. The summed E-state index contributed by atoms with van der Waals surface area (Å²) >= 11 is 8.82. The summed E-state index contributed by atoms with van der Waals surface area (Å²) < 4.78 is 0.698. The van der Waals surface area contributed by atoms with E-state index in [-0.39, 0.29) is 24.8 Å². The van der Waals surface area contributed by atoms with Gasteiger partial charge in [-0.1, -0.05) is 25.4 Å². The number of aromatic nitrogens is 1. The number of nitrogens with one attached hydrogen (secondary N) is 1. The highest BCUT2D eigenvalue weighted by Crippen LogP contribution is 2.32. The Morgan fingerprint density at radius 1 is 1.38 bits per heavy atom. The Balaban J connectivity index is 1.88. The Kier molecular flexibility index (Phi) is 6.77. The van der Waals surface area contributed by atoms with Crippen molar-refractivity contribution in [2.75, 3.05) is 6.54 Å². The normalized spacial score (nSPS) is 12.3. The number of carboxylic acids is 1. The van der Waals surface area contributed by atoms with E-state index in [0.29, 0.717) is 16.5 Å². The number of hydrogen-bond acceptors (Lipinski definition) is 5. The van der Waals surface area contributed by atoms with Crippen LogP contribution in [-0.2, 0) is 16.0 Å². The van der Waals surface area contributed by atoms with Gasteiger partial charge in [-0.15, -0.1) is 22.7 Å². The first-order valence-electron chi connectivity index (χ1n) is 7.54. The molecule has 1 unspecified atom stereocenters. The van der Waals surface area contributed by atoms with Gasteiger partial charge in [-0.2, -0.15) is 0 Å². The minimum atomic E-state index is -0.880. The molecule has 0 saturated carbocycles. The highest BCUT2D eigenvalue weighted by atomic mass is 35.5. The molecular weight excluding hydrogens is 368 g/mol. The molecule has 0 aliphatic rings. The Hall–Kier alpha value is -1.44. The molecule has 2 aromatic heterocycles. The molecule has 24 heavy (non-hydrogen) atoms. The number of hydrogen-bond donors (Lipinski definition) is 2. The Bertz CT molecular complexity index is 712. The molecule has 2 heterocycles. The number of carboxylic acid groups (broad SMARTS) is 1. The summed E-state index contributed by atoms with van der Waals surface area (Å²) in [5.74, 6) is -1.39. The van der Waals surface area contributed by atoms with Crippen LogP contribution in [0.4, 0.5) is 0 Å². The second kappa shape index (κ2) is 8.60. The van der Waals surface area contributed by atoms with Gasteiger partial charge >= 0.3 is 5.97 Å². The van der Waals surface area contributed by atoms with Gasteiger partial charge in [-0.05, 0) is 24.5 Å². The van der Waals surface area contributed by atoms with Crippen LogP contribution in [0.2, 0.25) is 4.34 Å². The maximum absolute atomic E-state index is 12.0. The Morgan fingerprint density at radius 3 is 2.71 bits per heavy atom. The minimum Gasteiger partial charge on any atom is -0.481 e. The molecule has 1 atom stereocenters. The fourth-order valence-electron chi connectivity index (χ4n) is 2.24. The van der Waals surface area contributed by atoms with Gasteiger partial charge in [0.1, 0.15) is 5.01 Å². The number of halogens is 1. The smallest absolute Gasteiger partial charge is 0.308 e. The van der Waals surface area contributed by atoms with Crippen LogP contribution in [0.15, 0.2) is 17.5 Å². The van der Waals surface area contributed by atoms with Crippen LogP contribution in [0.3, 0.4) is 0 Å². The van der Waals surface area contributed by atoms with Gasteiger partial charge in [0.15, 0.2) is 0 Å². The number of amides is 1. The monoisotopic (exact) mass is 386 g/mol. The first-order chi connectivity index (χ1) is 11.3. The number of rotatable bonds is 8. The molecule has 0 bridgehead atoms. The van der Waals surface area contributed by atoms with E-state index in [4.69, 9.17) is 11.6 Å². The largest absolute Gasteiger partial charge is 0.481 e. The molecule has 2 rings (SSSR count). The van der Waals surface area contributed by atoms with Crippen molar-refractivity contribution in [1.82, 2.24) is 10.3 Å². The van der Waals surface area contributed by atoms with E-state index in [1.807, 2.05) is 31.4 Å². The van der Waals surface area contributed by atoms with Gasteiger partial charge in [-0.3, -0.25) is 9.59 Å². The third kappa shape index (κ3) is 5.58. The highest BCUT2D eigenvalue weighted by molar-refractivity contribution is 7.23. The van der Waals surface area contributed by atoms with Crippen molar-refractivity contribution in [3.05, 3.63) is 27.5 Å². The van der Waals surface area contributed by atoms with Gasteiger partial charge in [0.05, 0.1) is 27.2 Å². The predicted molar refractivity (Wildman–Crippen MR) is 97.7 cm³/mol. The Morgan fingerprint density at radius 2 is 2.12 bits per heavy atom. The molecule has 1 amide bonds. The molecule has 130 valence electrons. The van der Waals surface area contributed by atoms with Crippen molar-refractivity contribution in [3.8, 4) is 9.88 Å². The lowest BCUT2D eigenvalue weighted by molar-refractivity contribution is -0.142. The van der Waals surface area contributed by atoms with Gasteiger partial charge in [0.2, 0.25) is 5.91 Å². The van der Waals surface area contributed by atoms with E-state index in [1.165, 1.54) is 22.7 Å². The molecule has 0 aliphatic carbocycles. The molecule has 2 aromatic rings. The zero-order valence-corrected chi connectivity index (χ0v) is 15.8. The van der Waals surface area contributed by atoms with E-state index in [9.17, 15) is 14.7 Å². The van der Waals surface area contributed by atoms with Crippen LogP contribution in [0.1, 0.15) is 26.0 Å². The average Bonchev–Trinajstić information content (AvgIpc) is 3.11. The topological polar surface area (TPSA) is 79.3 Å². The lowest BCUT2D eigenvalue weighted by Gasteiger charge is -2.15. The number of thiazole rings is 1. The fraction of sp³-hybridized carbons (Fsp3) is 0.438. The summed E-state index contributed by atoms with van der Waals surface area (Å²) in [6.07, 6.45) is 0.680. The summed E-state index contributed by atoms with van der Waals surface area (Å²) in [5.41, 5.74) is 0.674. The lowest BCUT2D eigenvalue weighted by Crippen LogP contribution is -2.34. The summed E-state index contributed by atoms with van der Waals surface area (Å²) in [4.78, 5) is 28.6. The van der Waals surface area contributed by atoms with Crippen molar-refractivity contribution in [2.24, 2.45) is 11.8 Å². The van der Waals surface area contributed by atoms with E-state index in [0.717, 1.165) is 9.88 Å². The third-order valence-corrected chi connectivity index (χ3v) is 5.62. The van der Waals surface area contributed by atoms with Crippen LogP contribution < -0.4 is 5.32 Å². The number of carbonyl (C=O) groups excluding carboxylic acids is 1. The van der Waals surface area contributed by atoms with Gasteiger partial charge in [0.25, 0.3) is 0 Å². The van der Waals surface area contributed by atoms with E-state index >= 15 is 0 Å². The molecular formula is C16H19ClN2O3S2. The van der Waals surface area contributed by atoms with Crippen molar-refractivity contribution >= 4 is 46.2 Å². The SMILES string of the molecule is CC(C)CC(CNC(=O)Cc1csc(-c2ccc(Cl)s2)n1)C(=O)O. The first kappa shape index (κ1) is 18.9. The summed E-state index contributed by atoms with van der Waals surface area (Å²) in [6, 6.07) is 3.72. The highest BCUT2D eigenvalue weighted by Gasteiger charge is 2.20. The number of nitrogens with zero attached hydrogens (tertiary/aromatic N) is 1. The zero-order valence-electron chi connectivity index (χ0n) is 13.4. The second-order valence-corrected chi connectivity index (χ2v) is 8.47. The van der Waals surface area contributed by atoms with E-state index in [1.54, 1.807) is 0 Å². The van der Waals surface area contributed by atoms with Gasteiger partial charge in [0, 0.05) is 11.9 Å². The van der Waals surface area contributed by atoms with Crippen molar-refractivity contribution in [2.45, 2.75) is 26.7 Å². The van der Waals surface area contributed by atoms with Crippen LogP contribution in [0.5, 0.6) is 0 Å². The standard InChI is InChI=1S/C16H19ClN2O3S2/c1-9(2)5-10(16(21)22)7-18-14(20)6-11-8-23-15(19-11)12-3-4-13(17)24-12/h3-4,8-10H,5-7H2,1-2H3,(H,18,20)(H,21,22). The van der Waals surface area contributed by atoms with Crippen LogP contribution in [0, 0.1) is 11.8 Å². The Labute approximate surface area is 153 Å². The molecule has 0 aromatic carbocycles. The molecule has 0 aliphatic heterocycles. The molecule has 5 nitrogen and oxygen atoms in total. The third-order valence-electron chi connectivity index (χ3n) is 3.33. The van der Waals surface area contributed by atoms with E-state index in [2.05, 4.69) is 10.3 Å². The van der Waals surface area contributed by atoms with Crippen molar-refractivity contribution in [1.29, 1.82) is 0 Å². The van der Waals surface area contributed by atoms with Crippen LogP contribution in [-0.4, -0.2) is 28.5 Å². The molecule has 2 N–H and O–H groups in total. The summed E-state index contributed by atoms with van der Waals surface area (Å²) in [7, 11) is 0. The van der Waals surface area contributed by atoms with Crippen molar-refractivity contribution in [3.63, 3.8) is 0 Å². The second-order valence-electron chi connectivity index (χ2n) is 5.89. The van der Waals surface area contributed by atoms with Crippen LogP contribution in [0.25, 0.3) is 9.88 Å². The maximum Gasteiger partial charge on any atom is 0.308 e. The average molecular weight is 387 g/mol. The van der Waals surface area contributed by atoms with Crippen molar-refractivity contribution < 1.29 is 14.7 Å². The molecule has 0 fully saturated rings. The number of thiophene rings is 1. The summed E-state index contributed by atoms with van der Waals surface area (Å²) in [5, 5.41) is 14.6. The van der Waals surface area contributed by atoms with Gasteiger partial charge in [-0.25, -0.2) is 4.98 Å². The fourth-order valence-corrected chi connectivity index (χ4v) is 4.17. The number of aliphatic carboxylic acids is 1. The van der Waals surface area contributed by atoms with Gasteiger partial charge < -0.3 is 10.4 Å². The van der Waals surface area contributed by atoms with E-state index < -0.39 is 11.9 Å². The minimum absolute atomic E-state index is 0.142. The summed E-state index contributed by atoms with van der Waals surface area (Å²) in [6.45, 7) is 4.07. The van der Waals surface area contributed by atoms with Crippen LogP contribution >= 0.6 is 34.3 Å². The molecule has 0 spiro atoms. The molecule has 0 radical (unpaired) electrons.